The van der Waals surface area contributed by atoms with Crippen molar-refractivity contribution in [3.05, 3.63) is 23.5 Å². The SMILES string of the molecule is NCC1=CCCC(CC2=CNCN2)C1. The van der Waals surface area contributed by atoms with Gasteiger partial charge in [-0.25, -0.2) is 0 Å². The molecule has 3 nitrogen and oxygen atoms in total. The van der Waals surface area contributed by atoms with Gasteiger partial charge in [-0.15, -0.1) is 0 Å². The lowest BCUT2D eigenvalue weighted by Crippen LogP contribution is -2.18. The number of hydrogen-bond acceptors (Lipinski definition) is 3. The van der Waals surface area contributed by atoms with Crippen LogP contribution in [0.15, 0.2) is 23.5 Å². The molecule has 78 valence electrons. The molecule has 0 aromatic carbocycles. The maximum Gasteiger partial charge on any atom is 0.0843 e. The van der Waals surface area contributed by atoms with Gasteiger partial charge in [-0.05, 0) is 31.6 Å². The number of hydrogen-bond donors (Lipinski definition) is 3. The minimum absolute atomic E-state index is 0.737. The van der Waals surface area contributed by atoms with Crippen LogP contribution in [-0.4, -0.2) is 13.2 Å². The van der Waals surface area contributed by atoms with Crippen LogP contribution >= 0.6 is 0 Å². The van der Waals surface area contributed by atoms with Crippen molar-refractivity contribution in [1.82, 2.24) is 10.6 Å². The van der Waals surface area contributed by atoms with Gasteiger partial charge in [0.2, 0.25) is 0 Å². The standard InChI is InChI=1S/C11H19N3/c12-6-10-3-1-2-9(4-10)5-11-7-13-8-14-11/h3,7,9,13-14H,1-2,4-6,8,12H2. The minimum atomic E-state index is 0.737. The van der Waals surface area contributed by atoms with Gasteiger partial charge in [0.15, 0.2) is 0 Å². The molecule has 1 aliphatic heterocycles. The van der Waals surface area contributed by atoms with Crippen molar-refractivity contribution >= 4 is 0 Å². The molecule has 1 heterocycles. The molecule has 3 heteroatoms. The second-order valence-corrected chi connectivity index (χ2v) is 4.15. The van der Waals surface area contributed by atoms with Gasteiger partial charge in [-0.1, -0.05) is 11.6 Å². The van der Waals surface area contributed by atoms with Crippen molar-refractivity contribution in [1.29, 1.82) is 0 Å². The van der Waals surface area contributed by atoms with E-state index in [0.29, 0.717) is 0 Å². The summed E-state index contributed by atoms with van der Waals surface area (Å²) in [6.07, 6.45) is 9.28. The molecule has 1 atom stereocenters. The number of nitrogens with one attached hydrogen (secondary N) is 2. The third-order valence-electron chi connectivity index (χ3n) is 3.02. The molecule has 0 aromatic heterocycles. The van der Waals surface area contributed by atoms with Crippen LogP contribution < -0.4 is 16.4 Å². The topological polar surface area (TPSA) is 50.1 Å². The van der Waals surface area contributed by atoms with Gasteiger partial charge in [-0.2, -0.15) is 0 Å². The summed E-state index contributed by atoms with van der Waals surface area (Å²) in [5.74, 6) is 0.789. The average molecular weight is 193 g/mol. The molecule has 14 heavy (non-hydrogen) atoms. The maximum atomic E-state index is 5.66. The number of allylic oxidation sites excluding steroid dienone is 2. The van der Waals surface area contributed by atoms with E-state index in [4.69, 9.17) is 5.73 Å². The van der Waals surface area contributed by atoms with Crippen LogP contribution in [0.1, 0.15) is 25.7 Å². The summed E-state index contributed by atoms with van der Waals surface area (Å²) in [4.78, 5) is 0. The molecule has 1 aliphatic carbocycles. The summed E-state index contributed by atoms with van der Waals surface area (Å²) in [5.41, 5.74) is 8.46. The van der Waals surface area contributed by atoms with Gasteiger partial charge in [0.25, 0.3) is 0 Å². The quantitative estimate of drug-likeness (QED) is 0.587. The molecular formula is C11H19N3. The second-order valence-electron chi connectivity index (χ2n) is 4.15. The van der Waals surface area contributed by atoms with E-state index < -0.39 is 0 Å². The van der Waals surface area contributed by atoms with Gasteiger partial charge in [0.05, 0.1) is 6.67 Å². The molecule has 2 aliphatic rings. The first-order chi connectivity index (χ1) is 6.88. The molecule has 0 aromatic rings. The maximum absolute atomic E-state index is 5.66. The van der Waals surface area contributed by atoms with E-state index >= 15 is 0 Å². The van der Waals surface area contributed by atoms with Crippen LogP contribution in [0, 0.1) is 5.92 Å². The molecule has 0 radical (unpaired) electrons. The van der Waals surface area contributed by atoms with E-state index in [-0.39, 0.29) is 0 Å². The summed E-state index contributed by atoms with van der Waals surface area (Å²) in [6.45, 7) is 1.63. The molecule has 2 rings (SSSR count). The van der Waals surface area contributed by atoms with E-state index in [1.54, 1.807) is 0 Å². The van der Waals surface area contributed by atoms with Crippen molar-refractivity contribution in [2.45, 2.75) is 25.7 Å². The van der Waals surface area contributed by atoms with Crippen LogP contribution in [0.25, 0.3) is 0 Å². The van der Waals surface area contributed by atoms with Gasteiger partial charge in [0.1, 0.15) is 0 Å². The third-order valence-corrected chi connectivity index (χ3v) is 3.02. The first kappa shape index (κ1) is 9.59. The highest BCUT2D eigenvalue weighted by molar-refractivity contribution is 5.11. The van der Waals surface area contributed by atoms with Crippen LogP contribution in [-0.2, 0) is 0 Å². The summed E-state index contributed by atoms with van der Waals surface area (Å²) >= 11 is 0. The smallest absolute Gasteiger partial charge is 0.0843 e. The number of rotatable bonds is 3. The Morgan fingerprint density at radius 3 is 3.14 bits per heavy atom. The van der Waals surface area contributed by atoms with Gasteiger partial charge >= 0.3 is 0 Å². The largest absolute Gasteiger partial charge is 0.372 e. The Bertz CT molecular complexity index is 255. The lowest BCUT2D eigenvalue weighted by molar-refractivity contribution is 0.451. The van der Waals surface area contributed by atoms with E-state index in [0.717, 1.165) is 19.1 Å². The fourth-order valence-electron chi connectivity index (χ4n) is 2.25. The van der Waals surface area contributed by atoms with Crippen LogP contribution in [0.3, 0.4) is 0 Å². The Morgan fingerprint density at radius 2 is 2.43 bits per heavy atom. The molecule has 1 unspecified atom stereocenters. The van der Waals surface area contributed by atoms with Crippen molar-refractivity contribution in [3.8, 4) is 0 Å². The minimum Gasteiger partial charge on any atom is -0.372 e. The summed E-state index contributed by atoms with van der Waals surface area (Å²) < 4.78 is 0. The van der Waals surface area contributed by atoms with Crippen LogP contribution in [0.2, 0.25) is 0 Å². The van der Waals surface area contributed by atoms with Gasteiger partial charge in [-0.3, -0.25) is 0 Å². The van der Waals surface area contributed by atoms with E-state index in [2.05, 4.69) is 22.9 Å². The Balaban J connectivity index is 1.84. The Hall–Kier alpha value is -0.960. The monoisotopic (exact) mass is 193 g/mol. The first-order valence-electron chi connectivity index (χ1n) is 5.43. The normalized spacial score (nSPS) is 26.2. The molecule has 0 fully saturated rings. The predicted octanol–water partition coefficient (Wildman–Crippen LogP) is 1.05. The molecular weight excluding hydrogens is 174 g/mol. The fourth-order valence-corrected chi connectivity index (χ4v) is 2.25. The zero-order valence-corrected chi connectivity index (χ0v) is 8.55. The van der Waals surface area contributed by atoms with Gasteiger partial charge in [0, 0.05) is 18.4 Å². The fraction of sp³-hybridized carbons (Fsp3) is 0.636. The zero-order valence-electron chi connectivity index (χ0n) is 8.55. The van der Waals surface area contributed by atoms with Crippen molar-refractivity contribution in [2.24, 2.45) is 11.7 Å². The van der Waals surface area contributed by atoms with Crippen molar-refractivity contribution < 1.29 is 0 Å². The molecule has 0 amide bonds. The van der Waals surface area contributed by atoms with E-state index in [1.807, 2.05) is 0 Å². The number of nitrogens with two attached hydrogens (primary N) is 1. The lowest BCUT2D eigenvalue weighted by Gasteiger charge is -2.22. The summed E-state index contributed by atoms with van der Waals surface area (Å²) in [6, 6.07) is 0. The summed E-state index contributed by atoms with van der Waals surface area (Å²) in [5, 5.41) is 6.51. The molecule has 0 saturated heterocycles. The molecule has 0 bridgehead atoms. The highest BCUT2D eigenvalue weighted by atomic mass is 15.1. The predicted molar refractivity (Wildman–Crippen MR) is 58.3 cm³/mol. The molecule has 0 spiro atoms. The second kappa shape index (κ2) is 4.51. The van der Waals surface area contributed by atoms with E-state index in [9.17, 15) is 0 Å². The lowest BCUT2D eigenvalue weighted by atomic mass is 9.86. The molecule has 4 N–H and O–H groups in total. The summed E-state index contributed by atoms with van der Waals surface area (Å²) in [7, 11) is 0. The van der Waals surface area contributed by atoms with Crippen LogP contribution in [0.5, 0.6) is 0 Å². The Morgan fingerprint density at radius 1 is 1.50 bits per heavy atom. The van der Waals surface area contributed by atoms with Gasteiger partial charge < -0.3 is 16.4 Å². The zero-order chi connectivity index (χ0) is 9.80. The third kappa shape index (κ3) is 2.29. The highest BCUT2D eigenvalue weighted by Crippen LogP contribution is 2.28. The Kier molecular flexibility index (Phi) is 3.09. The van der Waals surface area contributed by atoms with E-state index in [1.165, 1.54) is 37.0 Å². The molecule has 0 saturated carbocycles. The highest BCUT2D eigenvalue weighted by Gasteiger charge is 2.17. The Labute approximate surface area is 85.4 Å². The van der Waals surface area contributed by atoms with Crippen molar-refractivity contribution in [3.63, 3.8) is 0 Å². The average Bonchev–Trinajstić information content (AvgIpc) is 2.71. The van der Waals surface area contributed by atoms with Crippen molar-refractivity contribution in [2.75, 3.05) is 13.2 Å². The first-order valence-corrected chi connectivity index (χ1v) is 5.43. The van der Waals surface area contributed by atoms with Crippen LogP contribution in [0.4, 0.5) is 0 Å².